The Morgan fingerprint density at radius 3 is 2.56 bits per heavy atom. The van der Waals surface area contributed by atoms with Gasteiger partial charge in [0.15, 0.2) is 0 Å². The Morgan fingerprint density at radius 1 is 1.33 bits per heavy atom. The van der Waals surface area contributed by atoms with Crippen molar-refractivity contribution >= 4 is 26.0 Å². The highest BCUT2D eigenvalue weighted by Crippen LogP contribution is 2.30. The lowest BCUT2D eigenvalue weighted by Crippen LogP contribution is -2.12. The summed E-state index contributed by atoms with van der Waals surface area (Å²) in [7, 11) is -3.66. The number of benzene rings is 1. The van der Waals surface area contributed by atoms with Crippen LogP contribution in [0.3, 0.4) is 0 Å². The minimum Gasteiger partial charge on any atom is -0.492 e. The molecule has 0 bridgehead atoms. The van der Waals surface area contributed by atoms with E-state index in [0.717, 1.165) is 0 Å². The van der Waals surface area contributed by atoms with E-state index in [1.54, 1.807) is 6.07 Å². The highest BCUT2D eigenvalue weighted by Gasteiger charge is 2.17. The van der Waals surface area contributed by atoms with Crippen LogP contribution >= 0.6 is 15.9 Å². The first-order valence-electron chi connectivity index (χ1n) is 5.92. The fraction of sp³-hybridized carbons (Fsp3) is 0.500. The van der Waals surface area contributed by atoms with Gasteiger partial charge in [0, 0.05) is 0 Å². The first kappa shape index (κ1) is 13.8. The van der Waals surface area contributed by atoms with E-state index in [9.17, 15) is 8.42 Å². The lowest BCUT2D eigenvalue weighted by molar-refractivity contribution is 0.250. The second-order valence-corrected chi connectivity index (χ2v) is 7.01. The molecule has 0 spiro atoms. The molecule has 0 heterocycles. The number of hydrogen-bond donors (Lipinski definition) is 1. The quantitative estimate of drug-likeness (QED) is 0.920. The molecule has 1 aliphatic carbocycles. The van der Waals surface area contributed by atoms with E-state index in [1.165, 1.54) is 37.8 Å². The Bertz CT molecular complexity index is 524. The predicted octanol–water partition coefficient (Wildman–Crippen LogP) is 2.67. The Labute approximate surface area is 116 Å². The van der Waals surface area contributed by atoms with Crippen molar-refractivity contribution in [1.82, 2.24) is 0 Å². The number of sulfonamides is 1. The molecule has 1 saturated carbocycles. The summed E-state index contributed by atoms with van der Waals surface area (Å²) in [5, 5.41) is 5.06. The van der Waals surface area contributed by atoms with E-state index in [0.29, 0.717) is 22.7 Å². The van der Waals surface area contributed by atoms with Crippen LogP contribution in [0.15, 0.2) is 27.6 Å². The zero-order valence-corrected chi connectivity index (χ0v) is 12.3. The van der Waals surface area contributed by atoms with Gasteiger partial charge in [-0.2, -0.15) is 0 Å². The van der Waals surface area contributed by atoms with Crippen molar-refractivity contribution in [1.29, 1.82) is 0 Å². The van der Waals surface area contributed by atoms with Gasteiger partial charge in [-0.15, -0.1) is 0 Å². The topological polar surface area (TPSA) is 69.4 Å². The first-order chi connectivity index (χ1) is 8.47. The molecule has 0 aliphatic heterocycles. The molecule has 0 saturated heterocycles. The van der Waals surface area contributed by atoms with Crippen LogP contribution in [0.2, 0.25) is 0 Å². The lowest BCUT2D eigenvalue weighted by Gasteiger charge is -2.13. The third kappa shape index (κ3) is 3.46. The summed E-state index contributed by atoms with van der Waals surface area (Å²) >= 11 is 3.30. The third-order valence-corrected chi connectivity index (χ3v) is 4.71. The van der Waals surface area contributed by atoms with Crippen LogP contribution < -0.4 is 9.88 Å². The van der Waals surface area contributed by atoms with Gasteiger partial charge in [0.05, 0.1) is 16.0 Å². The molecular formula is C12H16BrNO3S. The molecule has 100 valence electrons. The fourth-order valence-electron chi connectivity index (χ4n) is 2.16. The average Bonchev–Trinajstić information content (AvgIpc) is 2.79. The molecule has 0 radical (unpaired) electrons. The lowest BCUT2D eigenvalue weighted by atomic mass is 10.1. The van der Waals surface area contributed by atoms with E-state index in [2.05, 4.69) is 15.9 Å². The maximum atomic E-state index is 11.2. The Hall–Kier alpha value is -0.590. The molecule has 1 aromatic carbocycles. The second kappa shape index (κ2) is 5.59. The van der Waals surface area contributed by atoms with E-state index in [4.69, 9.17) is 9.88 Å². The van der Waals surface area contributed by atoms with Crippen LogP contribution in [0.1, 0.15) is 25.7 Å². The Balaban J connectivity index is 2.05. The first-order valence-corrected chi connectivity index (χ1v) is 8.26. The SMILES string of the molecule is NS(=O)(=O)c1ccc(OCC2CCCC2)c(Br)c1. The van der Waals surface area contributed by atoms with Gasteiger partial charge in [-0.25, -0.2) is 13.6 Å². The minimum absolute atomic E-state index is 0.0857. The third-order valence-electron chi connectivity index (χ3n) is 3.18. The van der Waals surface area contributed by atoms with Crippen LogP contribution in [0.25, 0.3) is 0 Å². The van der Waals surface area contributed by atoms with Crippen LogP contribution in [0.4, 0.5) is 0 Å². The summed E-state index contributed by atoms with van der Waals surface area (Å²) in [6, 6.07) is 4.57. The number of rotatable bonds is 4. The number of hydrogen-bond acceptors (Lipinski definition) is 3. The largest absolute Gasteiger partial charge is 0.492 e. The standard InChI is InChI=1S/C12H16BrNO3S/c13-11-7-10(18(14,15)16)5-6-12(11)17-8-9-3-1-2-4-9/h5-7,9H,1-4,8H2,(H2,14,15,16). The summed E-state index contributed by atoms with van der Waals surface area (Å²) in [5.41, 5.74) is 0. The van der Waals surface area contributed by atoms with Crippen LogP contribution in [0.5, 0.6) is 5.75 Å². The van der Waals surface area contributed by atoms with Crippen molar-refractivity contribution < 1.29 is 13.2 Å². The molecule has 2 rings (SSSR count). The van der Waals surface area contributed by atoms with Crippen molar-refractivity contribution in [3.63, 3.8) is 0 Å². The molecule has 6 heteroatoms. The van der Waals surface area contributed by atoms with Crippen LogP contribution in [-0.4, -0.2) is 15.0 Å². The maximum Gasteiger partial charge on any atom is 0.238 e. The number of primary sulfonamides is 1. The van der Waals surface area contributed by atoms with E-state index >= 15 is 0 Å². The molecule has 1 aromatic rings. The molecule has 18 heavy (non-hydrogen) atoms. The second-order valence-electron chi connectivity index (χ2n) is 4.60. The zero-order valence-electron chi connectivity index (χ0n) is 9.93. The maximum absolute atomic E-state index is 11.2. The molecular weight excluding hydrogens is 318 g/mol. The molecule has 1 fully saturated rings. The highest BCUT2D eigenvalue weighted by molar-refractivity contribution is 9.10. The monoisotopic (exact) mass is 333 g/mol. The smallest absolute Gasteiger partial charge is 0.238 e. The van der Waals surface area contributed by atoms with Gasteiger partial charge >= 0.3 is 0 Å². The highest BCUT2D eigenvalue weighted by atomic mass is 79.9. The number of ether oxygens (including phenoxy) is 1. The van der Waals surface area contributed by atoms with Crippen LogP contribution in [0, 0.1) is 5.92 Å². The van der Waals surface area contributed by atoms with Crippen molar-refractivity contribution in [3.8, 4) is 5.75 Å². The number of halogens is 1. The molecule has 0 atom stereocenters. The molecule has 4 nitrogen and oxygen atoms in total. The summed E-state index contributed by atoms with van der Waals surface area (Å²) < 4.78 is 28.7. The average molecular weight is 334 g/mol. The Kier molecular flexibility index (Phi) is 4.29. The zero-order chi connectivity index (χ0) is 13.2. The summed E-state index contributed by atoms with van der Waals surface area (Å²) in [4.78, 5) is 0.0857. The molecule has 0 aromatic heterocycles. The molecule has 0 unspecified atom stereocenters. The van der Waals surface area contributed by atoms with E-state index in [-0.39, 0.29) is 4.90 Å². The van der Waals surface area contributed by atoms with Crippen molar-refractivity contribution in [2.24, 2.45) is 11.1 Å². The molecule has 1 aliphatic rings. The van der Waals surface area contributed by atoms with Crippen LogP contribution in [-0.2, 0) is 10.0 Å². The van der Waals surface area contributed by atoms with Gasteiger partial charge in [-0.1, -0.05) is 12.8 Å². The van der Waals surface area contributed by atoms with Crippen molar-refractivity contribution in [2.75, 3.05) is 6.61 Å². The Morgan fingerprint density at radius 2 is 2.00 bits per heavy atom. The summed E-state index contributed by atoms with van der Waals surface area (Å²) in [5.74, 6) is 1.28. The molecule has 2 N–H and O–H groups in total. The van der Waals surface area contributed by atoms with Crippen molar-refractivity contribution in [2.45, 2.75) is 30.6 Å². The van der Waals surface area contributed by atoms with Gasteiger partial charge < -0.3 is 4.74 Å². The fourth-order valence-corrected chi connectivity index (χ4v) is 3.34. The number of nitrogens with two attached hydrogens (primary N) is 1. The summed E-state index contributed by atoms with van der Waals surface area (Å²) in [6.45, 7) is 0.688. The normalized spacial score (nSPS) is 17.0. The van der Waals surface area contributed by atoms with Gasteiger partial charge in [-0.05, 0) is 52.9 Å². The van der Waals surface area contributed by atoms with Gasteiger partial charge in [0.25, 0.3) is 0 Å². The molecule has 0 amide bonds. The van der Waals surface area contributed by atoms with E-state index in [1.807, 2.05) is 0 Å². The van der Waals surface area contributed by atoms with Crippen molar-refractivity contribution in [3.05, 3.63) is 22.7 Å². The van der Waals surface area contributed by atoms with Gasteiger partial charge in [0.2, 0.25) is 10.0 Å². The van der Waals surface area contributed by atoms with Gasteiger partial charge in [-0.3, -0.25) is 0 Å². The van der Waals surface area contributed by atoms with E-state index < -0.39 is 10.0 Å². The summed E-state index contributed by atoms with van der Waals surface area (Å²) in [6.07, 6.45) is 4.98. The van der Waals surface area contributed by atoms with Gasteiger partial charge in [0.1, 0.15) is 5.75 Å². The predicted molar refractivity (Wildman–Crippen MR) is 73.0 cm³/mol. The minimum atomic E-state index is -3.66.